The quantitative estimate of drug-likeness (QED) is 0.825. The maximum atomic E-state index is 14.4. The molecule has 1 aromatic carbocycles. The summed E-state index contributed by atoms with van der Waals surface area (Å²) in [6, 6.07) is 5.65. The molecule has 8 heteroatoms. The van der Waals surface area contributed by atoms with Crippen LogP contribution >= 0.6 is 0 Å². The first-order chi connectivity index (χ1) is 12.9. The third kappa shape index (κ3) is 3.28. The lowest BCUT2D eigenvalue weighted by molar-refractivity contribution is -0.117. The van der Waals surface area contributed by atoms with Gasteiger partial charge >= 0.3 is 0 Å². The van der Waals surface area contributed by atoms with Crippen molar-refractivity contribution in [2.45, 2.75) is 25.8 Å². The molecule has 0 spiro atoms. The second kappa shape index (κ2) is 7.19. The number of carbonyl (C=O) groups is 1. The lowest BCUT2D eigenvalue weighted by Crippen LogP contribution is -2.34. The van der Waals surface area contributed by atoms with E-state index in [1.165, 1.54) is 22.8 Å². The molecule has 1 atom stereocenters. The Morgan fingerprint density at radius 1 is 1.30 bits per heavy atom. The fraction of sp³-hybridized carbons (Fsp3) is 0.316. The molecular formula is C19H17F2N3O3. The van der Waals surface area contributed by atoms with Crippen LogP contribution in [-0.2, 0) is 11.3 Å². The van der Waals surface area contributed by atoms with Crippen molar-refractivity contribution in [2.75, 3.05) is 18.6 Å². The summed E-state index contributed by atoms with van der Waals surface area (Å²) in [6.07, 6.45) is 1.36. The third-order valence-corrected chi connectivity index (χ3v) is 4.67. The summed E-state index contributed by atoms with van der Waals surface area (Å²) in [5.41, 5.74) is 0.00671. The molecule has 1 fully saturated rings. The number of amides is 1. The van der Waals surface area contributed by atoms with Gasteiger partial charge in [0, 0.05) is 42.8 Å². The number of rotatable bonds is 4. The van der Waals surface area contributed by atoms with Crippen LogP contribution in [0.2, 0.25) is 0 Å². The summed E-state index contributed by atoms with van der Waals surface area (Å²) in [4.78, 5) is 26.4. The minimum Gasteiger partial charge on any atom is -0.497 e. The molecule has 1 aliphatic heterocycles. The smallest absolute Gasteiger partial charge is 0.275 e. The number of hydrogen-bond donors (Lipinski definition) is 0. The van der Waals surface area contributed by atoms with Gasteiger partial charge in [-0.2, -0.15) is 5.26 Å². The third-order valence-electron chi connectivity index (χ3n) is 4.67. The topological polar surface area (TPSA) is 75.3 Å². The van der Waals surface area contributed by atoms with Crippen LogP contribution in [0.3, 0.4) is 0 Å². The molecule has 0 saturated carbocycles. The van der Waals surface area contributed by atoms with Gasteiger partial charge in [-0.15, -0.1) is 0 Å². The number of pyridine rings is 1. The highest BCUT2D eigenvalue weighted by Crippen LogP contribution is 2.35. The van der Waals surface area contributed by atoms with Crippen LogP contribution in [0, 0.1) is 29.9 Å². The molecular weight excluding hydrogens is 356 g/mol. The molecule has 3 rings (SSSR count). The summed E-state index contributed by atoms with van der Waals surface area (Å²) < 4.78 is 34.8. The number of methoxy groups -OCH3 is 1. The van der Waals surface area contributed by atoms with E-state index in [1.54, 1.807) is 13.0 Å². The van der Waals surface area contributed by atoms with E-state index in [4.69, 9.17) is 10.00 Å². The first kappa shape index (κ1) is 18.6. The number of nitriles is 1. The van der Waals surface area contributed by atoms with E-state index < -0.39 is 29.0 Å². The summed E-state index contributed by atoms with van der Waals surface area (Å²) in [6.45, 7) is 1.49. The minimum absolute atomic E-state index is 0.0222. The fourth-order valence-corrected chi connectivity index (χ4v) is 3.37. The van der Waals surface area contributed by atoms with Gasteiger partial charge in [0.2, 0.25) is 5.91 Å². The zero-order chi connectivity index (χ0) is 19.7. The molecule has 2 heterocycles. The highest BCUT2D eigenvalue weighted by molar-refractivity contribution is 5.97. The van der Waals surface area contributed by atoms with E-state index in [0.717, 1.165) is 12.1 Å². The lowest BCUT2D eigenvalue weighted by atomic mass is 9.97. The number of benzene rings is 1. The fourth-order valence-electron chi connectivity index (χ4n) is 3.37. The van der Waals surface area contributed by atoms with Gasteiger partial charge in [-0.3, -0.25) is 14.2 Å². The van der Waals surface area contributed by atoms with Crippen molar-refractivity contribution in [3.05, 3.63) is 57.5 Å². The molecule has 6 nitrogen and oxygen atoms in total. The van der Waals surface area contributed by atoms with Crippen molar-refractivity contribution in [3.8, 4) is 11.8 Å². The standard InChI is InChI=1S/C19H17F2N3O3/c1-11-3-5-23(6-4-22)19(26)18(11)24-10-12(7-16(24)25)17-14(20)8-13(27-2)9-15(17)21/h3,5,8-9,12H,6-7,10H2,1-2H3/t12-/m0/s1. The van der Waals surface area contributed by atoms with E-state index in [1.807, 2.05) is 6.07 Å². The van der Waals surface area contributed by atoms with Crippen molar-refractivity contribution in [1.82, 2.24) is 4.57 Å². The highest BCUT2D eigenvalue weighted by Gasteiger charge is 2.36. The van der Waals surface area contributed by atoms with Crippen molar-refractivity contribution < 1.29 is 18.3 Å². The molecule has 140 valence electrons. The Morgan fingerprint density at radius 3 is 2.56 bits per heavy atom. The summed E-state index contributed by atoms with van der Waals surface area (Å²) in [5, 5.41) is 8.83. The highest BCUT2D eigenvalue weighted by atomic mass is 19.1. The molecule has 0 unspecified atom stereocenters. The molecule has 1 saturated heterocycles. The maximum absolute atomic E-state index is 14.4. The second-order valence-corrected chi connectivity index (χ2v) is 6.35. The Morgan fingerprint density at radius 2 is 1.96 bits per heavy atom. The molecule has 0 aliphatic carbocycles. The maximum Gasteiger partial charge on any atom is 0.275 e. The molecule has 1 aromatic heterocycles. The van der Waals surface area contributed by atoms with Crippen LogP contribution in [0.5, 0.6) is 5.75 Å². The van der Waals surface area contributed by atoms with Gasteiger partial charge in [-0.25, -0.2) is 8.78 Å². The van der Waals surface area contributed by atoms with Crippen molar-refractivity contribution in [2.24, 2.45) is 0 Å². The number of ether oxygens (including phenoxy) is 1. The number of nitrogens with zero attached hydrogens (tertiary/aromatic N) is 3. The number of aromatic nitrogens is 1. The number of hydrogen-bond acceptors (Lipinski definition) is 4. The zero-order valence-corrected chi connectivity index (χ0v) is 14.8. The second-order valence-electron chi connectivity index (χ2n) is 6.35. The van der Waals surface area contributed by atoms with Gasteiger partial charge in [0.25, 0.3) is 5.56 Å². The van der Waals surface area contributed by atoms with Crippen LogP contribution in [0.15, 0.2) is 29.2 Å². The van der Waals surface area contributed by atoms with E-state index >= 15 is 0 Å². The Bertz CT molecular complexity index is 987. The van der Waals surface area contributed by atoms with Crippen LogP contribution in [-0.4, -0.2) is 24.1 Å². The zero-order valence-electron chi connectivity index (χ0n) is 14.8. The molecule has 2 aromatic rings. The molecule has 1 amide bonds. The molecule has 0 bridgehead atoms. The number of aryl methyl sites for hydroxylation is 1. The number of halogens is 2. The minimum atomic E-state index is -0.793. The van der Waals surface area contributed by atoms with Gasteiger partial charge < -0.3 is 9.64 Å². The summed E-state index contributed by atoms with van der Waals surface area (Å²) >= 11 is 0. The first-order valence-corrected chi connectivity index (χ1v) is 8.27. The molecule has 0 radical (unpaired) electrons. The molecule has 0 N–H and O–H groups in total. The SMILES string of the molecule is COc1cc(F)c([C@H]2CC(=O)N(c3c(C)ccn(CC#N)c3=O)C2)c(F)c1. The monoisotopic (exact) mass is 373 g/mol. The average Bonchev–Trinajstić information content (AvgIpc) is 2.98. The van der Waals surface area contributed by atoms with E-state index in [-0.39, 0.29) is 36.5 Å². The van der Waals surface area contributed by atoms with Crippen LogP contribution in [0.25, 0.3) is 0 Å². The van der Waals surface area contributed by atoms with Gasteiger partial charge in [-0.1, -0.05) is 0 Å². The van der Waals surface area contributed by atoms with Crippen molar-refractivity contribution in [1.29, 1.82) is 5.26 Å². The number of carbonyl (C=O) groups excluding carboxylic acids is 1. The van der Waals surface area contributed by atoms with E-state index in [2.05, 4.69) is 0 Å². The Hall–Kier alpha value is -3.21. The van der Waals surface area contributed by atoms with Gasteiger partial charge in [0.05, 0.1) is 13.2 Å². The Kier molecular flexibility index (Phi) is 4.95. The van der Waals surface area contributed by atoms with Gasteiger partial charge in [0.1, 0.15) is 29.6 Å². The van der Waals surface area contributed by atoms with E-state index in [0.29, 0.717) is 5.56 Å². The van der Waals surface area contributed by atoms with Crippen molar-refractivity contribution in [3.63, 3.8) is 0 Å². The normalized spacial score (nSPS) is 16.5. The van der Waals surface area contributed by atoms with Crippen LogP contribution < -0.4 is 15.2 Å². The predicted molar refractivity (Wildman–Crippen MR) is 93.7 cm³/mol. The number of anilines is 1. The molecule has 27 heavy (non-hydrogen) atoms. The van der Waals surface area contributed by atoms with E-state index in [9.17, 15) is 18.4 Å². The average molecular weight is 373 g/mol. The van der Waals surface area contributed by atoms with Crippen LogP contribution in [0.1, 0.15) is 23.5 Å². The first-order valence-electron chi connectivity index (χ1n) is 8.27. The predicted octanol–water partition coefficient (Wildman–Crippen LogP) is 2.49. The van der Waals surface area contributed by atoms with Crippen molar-refractivity contribution >= 4 is 11.6 Å². The Balaban J connectivity index is 2.00. The van der Waals surface area contributed by atoms with Gasteiger partial charge in [0.15, 0.2) is 0 Å². The van der Waals surface area contributed by atoms with Crippen LogP contribution in [0.4, 0.5) is 14.5 Å². The largest absolute Gasteiger partial charge is 0.497 e. The molecule has 1 aliphatic rings. The Labute approximate surface area is 154 Å². The summed E-state index contributed by atoms with van der Waals surface area (Å²) in [5.74, 6) is -2.67. The van der Waals surface area contributed by atoms with Gasteiger partial charge in [-0.05, 0) is 18.6 Å². The lowest BCUT2D eigenvalue weighted by Gasteiger charge is -2.20. The summed E-state index contributed by atoms with van der Waals surface area (Å²) in [7, 11) is 1.30.